The second-order valence-electron chi connectivity index (χ2n) is 3.55. The highest BCUT2D eigenvalue weighted by Gasteiger charge is 2.18. The monoisotopic (exact) mass is 163 g/mol. The van der Waals surface area contributed by atoms with Gasteiger partial charge in [0.2, 0.25) is 0 Å². The van der Waals surface area contributed by atoms with Gasteiger partial charge in [-0.2, -0.15) is 0 Å². The summed E-state index contributed by atoms with van der Waals surface area (Å²) in [5, 5.41) is 3.51. The quantitative estimate of drug-likeness (QED) is 0.578. The van der Waals surface area contributed by atoms with Gasteiger partial charge in [-0.05, 0) is 32.6 Å². The van der Waals surface area contributed by atoms with E-state index in [4.69, 9.17) is 0 Å². The van der Waals surface area contributed by atoms with E-state index < -0.39 is 0 Å². The molecule has 1 unspecified atom stereocenters. The van der Waals surface area contributed by atoms with Crippen molar-refractivity contribution in [3.8, 4) is 0 Å². The highest BCUT2D eigenvalue weighted by Crippen LogP contribution is 2.18. The highest BCUT2D eigenvalue weighted by molar-refractivity contribution is 5.85. The Morgan fingerprint density at radius 1 is 1.00 bits per heavy atom. The van der Waals surface area contributed by atoms with Crippen LogP contribution in [0.3, 0.4) is 0 Å². The molecule has 1 saturated heterocycles. The Hall–Kier alpha value is 0.250. The number of hydrogen-bond acceptors (Lipinski definition) is 1. The number of hydrogen-bond donors (Lipinski definition) is 1. The first kappa shape index (κ1) is 10.2. The third-order valence-electron chi connectivity index (χ3n) is 2.08. The molecule has 1 nitrogen and oxygen atoms in total. The van der Waals surface area contributed by atoms with Gasteiger partial charge >= 0.3 is 0 Å². The molecule has 0 amide bonds. The lowest BCUT2D eigenvalue weighted by Gasteiger charge is -2.30. The van der Waals surface area contributed by atoms with Gasteiger partial charge < -0.3 is 5.32 Å². The van der Waals surface area contributed by atoms with Crippen LogP contribution in [0.15, 0.2) is 0 Å². The fourth-order valence-corrected chi connectivity index (χ4v) is 1.93. The average molecular weight is 164 g/mol. The van der Waals surface area contributed by atoms with Gasteiger partial charge in [-0.15, -0.1) is 12.4 Å². The molecule has 0 aromatic carbocycles. The Morgan fingerprint density at radius 2 is 1.40 bits per heavy atom. The predicted octanol–water partition coefficient (Wildman–Crippen LogP) is 2.20. The van der Waals surface area contributed by atoms with Crippen LogP contribution in [0.1, 0.15) is 33.6 Å². The molecule has 0 aromatic heterocycles. The van der Waals surface area contributed by atoms with Crippen LogP contribution in [-0.4, -0.2) is 12.1 Å². The van der Waals surface area contributed by atoms with Crippen molar-refractivity contribution in [2.75, 3.05) is 0 Å². The summed E-state index contributed by atoms with van der Waals surface area (Å²) in [7, 11) is 0. The molecule has 1 aliphatic heterocycles. The van der Waals surface area contributed by atoms with E-state index in [-0.39, 0.29) is 12.4 Å². The molecule has 10 heavy (non-hydrogen) atoms. The molecule has 0 spiro atoms. The third-order valence-corrected chi connectivity index (χ3v) is 2.08. The molecule has 1 N–H and O–H groups in total. The molecule has 0 saturated carbocycles. The molecule has 0 aromatic rings. The largest absolute Gasteiger partial charge is 0.312 e. The van der Waals surface area contributed by atoms with Crippen molar-refractivity contribution in [2.24, 2.45) is 5.92 Å². The summed E-state index contributed by atoms with van der Waals surface area (Å²) in [6, 6.07) is 1.48. The van der Waals surface area contributed by atoms with E-state index in [0.29, 0.717) is 0 Å². The van der Waals surface area contributed by atoms with Crippen molar-refractivity contribution < 1.29 is 0 Å². The average Bonchev–Trinajstić information content (AvgIpc) is 1.59. The first-order valence-electron chi connectivity index (χ1n) is 3.94. The van der Waals surface area contributed by atoms with Crippen LogP contribution < -0.4 is 5.32 Å². The van der Waals surface area contributed by atoms with E-state index in [0.717, 1.165) is 18.0 Å². The minimum atomic E-state index is 0. The zero-order valence-corrected chi connectivity index (χ0v) is 7.87. The van der Waals surface area contributed by atoms with E-state index in [1.807, 2.05) is 0 Å². The maximum Gasteiger partial charge on any atom is 0.00437 e. The van der Waals surface area contributed by atoms with Crippen molar-refractivity contribution in [1.29, 1.82) is 0 Å². The molecule has 62 valence electrons. The van der Waals surface area contributed by atoms with Crippen molar-refractivity contribution in [3.63, 3.8) is 0 Å². The van der Waals surface area contributed by atoms with E-state index in [1.54, 1.807) is 0 Å². The lowest BCUT2D eigenvalue weighted by Crippen LogP contribution is -2.41. The lowest BCUT2D eigenvalue weighted by atomic mass is 9.91. The zero-order chi connectivity index (χ0) is 6.85. The molecule has 3 atom stereocenters. The fraction of sp³-hybridized carbons (Fsp3) is 1.00. The number of nitrogens with one attached hydrogen (secondary N) is 1. The Morgan fingerprint density at radius 3 is 1.70 bits per heavy atom. The standard InChI is InChI=1S/C8H17N.ClH/c1-6-4-7(2)9-8(3)5-6;/h6-9H,4-5H2,1-3H3;1H/t6?,7-,8+;. The normalized spacial score (nSPS) is 40.5. The second kappa shape index (κ2) is 4.20. The van der Waals surface area contributed by atoms with Gasteiger partial charge in [0.25, 0.3) is 0 Å². The van der Waals surface area contributed by atoms with Crippen LogP contribution in [0.25, 0.3) is 0 Å². The van der Waals surface area contributed by atoms with E-state index in [1.165, 1.54) is 12.8 Å². The molecule has 0 bridgehead atoms. The van der Waals surface area contributed by atoms with Gasteiger partial charge in [-0.1, -0.05) is 6.92 Å². The Kier molecular flexibility index (Phi) is 4.30. The minimum Gasteiger partial charge on any atom is -0.312 e. The smallest absolute Gasteiger partial charge is 0.00437 e. The highest BCUT2D eigenvalue weighted by atomic mass is 35.5. The van der Waals surface area contributed by atoms with E-state index in [9.17, 15) is 0 Å². The van der Waals surface area contributed by atoms with E-state index in [2.05, 4.69) is 26.1 Å². The SMILES string of the molecule is CC1C[C@@H](C)N[C@@H](C)C1.Cl. The molecule has 1 aliphatic rings. The van der Waals surface area contributed by atoms with Crippen molar-refractivity contribution in [3.05, 3.63) is 0 Å². The first-order chi connectivity index (χ1) is 4.18. The van der Waals surface area contributed by atoms with E-state index >= 15 is 0 Å². The summed E-state index contributed by atoms with van der Waals surface area (Å²) in [5.74, 6) is 0.927. The maximum absolute atomic E-state index is 3.51. The maximum atomic E-state index is 3.51. The van der Waals surface area contributed by atoms with Crippen LogP contribution >= 0.6 is 12.4 Å². The number of piperidine rings is 1. The summed E-state index contributed by atoms with van der Waals surface area (Å²) in [4.78, 5) is 0. The Labute approximate surface area is 70.0 Å². The fourth-order valence-electron chi connectivity index (χ4n) is 1.93. The molecular formula is C8H18ClN. The van der Waals surface area contributed by atoms with Crippen LogP contribution in [0.4, 0.5) is 0 Å². The van der Waals surface area contributed by atoms with Gasteiger partial charge in [-0.3, -0.25) is 0 Å². The second-order valence-corrected chi connectivity index (χ2v) is 3.55. The summed E-state index contributed by atoms with van der Waals surface area (Å²) in [6.07, 6.45) is 2.70. The first-order valence-corrected chi connectivity index (χ1v) is 3.94. The summed E-state index contributed by atoms with van der Waals surface area (Å²) in [6.45, 7) is 6.88. The molecule has 1 heterocycles. The van der Waals surface area contributed by atoms with Crippen molar-refractivity contribution in [2.45, 2.75) is 45.7 Å². The van der Waals surface area contributed by atoms with Gasteiger partial charge in [-0.25, -0.2) is 0 Å². The van der Waals surface area contributed by atoms with Crippen LogP contribution in [0.5, 0.6) is 0 Å². The van der Waals surface area contributed by atoms with Crippen molar-refractivity contribution >= 4 is 12.4 Å². The molecular weight excluding hydrogens is 146 g/mol. The molecule has 2 heteroatoms. The van der Waals surface area contributed by atoms with Gasteiger partial charge in [0.05, 0.1) is 0 Å². The topological polar surface area (TPSA) is 12.0 Å². The van der Waals surface area contributed by atoms with Gasteiger partial charge in [0.1, 0.15) is 0 Å². The zero-order valence-electron chi connectivity index (χ0n) is 7.05. The third kappa shape index (κ3) is 2.89. The predicted molar refractivity (Wildman–Crippen MR) is 47.7 cm³/mol. The lowest BCUT2D eigenvalue weighted by molar-refractivity contribution is 0.279. The molecule has 1 rings (SSSR count). The molecule has 1 fully saturated rings. The van der Waals surface area contributed by atoms with Crippen LogP contribution in [0.2, 0.25) is 0 Å². The Balaban J connectivity index is 0.000000810. The number of rotatable bonds is 0. The van der Waals surface area contributed by atoms with Crippen molar-refractivity contribution in [1.82, 2.24) is 5.32 Å². The van der Waals surface area contributed by atoms with Crippen LogP contribution in [-0.2, 0) is 0 Å². The summed E-state index contributed by atoms with van der Waals surface area (Å²) >= 11 is 0. The minimum absolute atomic E-state index is 0. The number of halogens is 1. The molecule has 0 radical (unpaired) electrons. The molecule has 0 aliphatic carbocycles. The van der Waals surface area contributed by atoms with Gasteiger partial charge in [0, 0.05) is 12.1 Å². The summed E-state index contributed by atoms with van der Waals surface area (Å²) < 4.78 is 0. The van der Waals surface area contributed by atoms with Gasteiger partial charge in [0.15, 0.2) is 0 Å². The summed E-state index contributed by atoms with van der Waals surface area (Å²) in [5.41, 5.74) is 0. The Bertz CT molecular complexity index is 70.2. The van der Waals surface area contributed by atoms with Crippen LogP contribution in [0, 0.1) is 5.92 Å².